The van der Waals surface area contributed by atoms with Crippen LogP contribution in [0.2, 0.25) is 0 Å². The number of benzene rings is 1. The highest BCUT2D eigenvalue weighted by molar-refractivity contribution is 7.99. The lowest BCUT2D eigenvalue weighted by Crippen LogP contribution is -2.13. The minimum Gasteiger partial charge on any atom is -0.365 e. The third-order valence-corrected chi connectivity index (χ3v) is 5.65. The standard InChI is InChI=1S/C18H16N4O2S2/c1-10-5-6-13(11(2)8-10)25-17-12(4-3-7-20-17)16(24)22-18-21-9-14(26-18)15(19)23/h3-9H,1-2H3,(H2,19,23)(H,21,22,24). The molecule has 132 valence electrons. The number of anilines is 1. The van der Waals surface area contributed by atoms with E-state index in [1.54, 1.807) is 18.3 Å². The van der Waals surface area contributed by atoms with Gasteiger partial charge in [-0.15, -0.1) is 0 Å². The molecule has 0 radical (unpaired) electrons. The van der Waals surface area contributed by atoms with Gasteiger partial charge in [-0.1, -0.05) is 40.8 Å². The molecule has 0 fully saturated rings. The molecule has 3 aromatic rings. The van der Waals surface area contributed by atoms with E-state index >= 15 is 0 Å². The molecule has 0 aliphatic carbocycles. The molecule has 2 amide bonds. The molecule has 2 heterocycles. The molecule has 8 heteroatoms. The minimum absolute atomic E-state index is 0.288. The van der Waals surface area contributed by atoms with Crippen LogP contribution in [-0.4, -0.2) is 21.8 Å². The Morgan fingerprint density at radius 1 is 1.19 bits per heavy atom. The number of pyridine rings is 1. The predicted molar refractivity (Wildman–Crippen MR) is 103 cm³/mol. The van der Waals surface area contributed by atoms with Crippen LogP contribution in [0.25, 0.3) is 0 Å². The van der Waals surface area contributed by atoms with E-state index in [1.807, 2.05) is 26.0 Å². The van der Waals surface area contributed by atoms with Gasteiger partial charge in [-0.2, -0.15) is 0 Å². The summed E-state index contributed by atoms with van der Waals surface area (Å²) in [4.78, 5) is 33.4. The maximum absolute atomic E-state index is 12.6. The van der Waals surface area contributed by atoms with Crippen molar-refractivity contribution < 1.29 is 9.59 Å². The Balaban J connectivity index is 1.83. The number of thiazole rings is 1. The molecule has 6 nitrogen and oxygen atoms in total. The second-order valence-corrected chi connectivity index (χ2v) is 7.64. The van der Waals surface area contributed by atoms with Gasteiger partial charge in [0.25, 0.3) is 11.8 Å². The first-order valence-electron chi connectivity index (χ1n) is 7.71. The van der Waals surface area contributed by atoms with Gasteiger partial charge < -0.3 is 5.73 Å². The summed E-state index contributed by atoms with van der Waals surface area (Å²) in [5, 5.41) is 3.61. The lowest BCUT2D eigenvalue weighted by molar-refractivity contribution is 0.1000. The van der Waals surface area contributed by atoms with E-state index in [0.717, 1.165) is 21.8 Å². The van der Waals surface area contributed by atoms with Gasteiger partial charge in [-0.3, -0.25) is 14.9 Å². The zero-order valence-corrected chi connectivity index (χ0v) is 15.8. The average Bonchev–Trinajstić information content (AvgIpc) is 3.06. The number of nitrogens with zero attached hydrogens (tertiary/aromatic N) is 2. The Kier molecular flexibility index (Phi) is 5.34. The summed E-state index contributed by atoms with van der Waals surface area (Å²) < 4.78 is 0. The number of nitrogens with two attached hydrogens (primary N) is 1. The van der Waals surface area contributed by atoms with Gasteiger partial charge in [0.2, 0.25) is 0 Å². The molecule has 0 spiro atoms. The highest BCUT2D eigenvalue weighted by Crippen LogP contribution is 2.32. The number of hydrogen-bond acceptors (Lipinski definition) is 6. The molecule has 2 aromatic heterocycles. The summed E-state index contributed by atoms with van der Waals surface area (Å²) in [6, 6.07) is 9.55. The number of rotatable bonds is 5. The zero-order valence-electron chi connectivity index (χ0n) is 14.1. The summed E-state index contributed by atoms with van der Waals surface area (Å²) in [7, 11) is 0. The van der Waals surface area contributed by atoms with Crippen LogP contribution < -0.4 is 11.1 Å². The van der Waals surface area contributed by atoms with E-state index in [1.165, 1.54) is 23.5 Å². The maximum Gasteiger partial charge on any atom is 0.260 e. The van der Waals surface area contributed by atoms with E-state index in [9.17, 15) is 9.59 Å². The van der Waals surface area contributed by atoms with Crippen LogP contribution >= 0.6 is 23.1 Å². The number of nitrogens with one attached hydrogen (secondary N) is 1. The Morgan fingerprint density at radius 2 is 2.00 bits per heavy atom. The fourth-order valence-corrected chi connectivity index (χ4v) is 3.89. The van der Waals surface area contributed by atoms with Crippen LogP contribution in [0.4, 0.5) is 5.13 Å². The van der Waals surface area contributed by atoms with Crippen molar-refractivity contribution in [1.82, 2.24) is 9.97 Å². The second kappa shape index (κ2) is 7.67. The number of aromatic nitrogens is 2. The van der Waals surface area contributed by atoms with Crippen LogP contribution in [-0.2, 0) is 0 Å². The second-order valence-electron chi connectivity index (χ2n) is 5.58. The molecule has 0 saturated heterocycles. The molecule has 0 saturated carbocycles. The number of hydrogen-bond donors (Lipinski definition) is 2. The van der Waals surface area contributed by atoms with Crippen LogP contribution in [0.15, 0.2) is 52.6 Å². The zero-order chi connectivity index (χ0) is 18.7. The minimum atomic E-state index is -0.574. The van der Waals surface area contributed by atoms with Gasteiger partial charge >= 0.3 is 0 Å². The third-order valence-electron chi connectivity index (χ3n) is 3.52. The van der Waals surface area contributed by atoms with E-state index in [-0.39, 0.29) is 10.8 Å². The van der Waals surface area contributed by atoms with Crippen molar-refractivity contribution in [2.75, 3.05) is 5.32 Å². The number of carbonyl (C=O) groups excluding carboxylic acids is 2. The van der Waals surface area contributed by atoms with Crippen LogP contribution in [0.3, 0.4) is 0 Å². The van der Waals surface area contributed by atoms with Crippen molar-refractivity contribution in [2.24, 2.45) is 5.73 Å². The van der Waals surface area contributed by atoms with Gasteiger partial charge in [0.1, 0.15) is 9.90 Å². The Morgan fingerprint density at radius 3 is 2.69 bits per heavy atom. The van der Waals surface area contributed by atoms with Crippen LogP contribution in [0, 0.1) is 13.8 Å². The Labute approximate surface area is 158 Å². The number of amides is 2. The van der Waals surface area contributed by atoms with Gasteiger partial charge in [0.05, 0.1) is 11.8 Å². The molecular weight excluding hydrogens is 368 g/mol. The van der Waals surface area contributed by atoms with Gasteiger partial charge in [0, 0.05) is 11.1 Å². The van der Waals surface area contributed by atoms with E-state index in [4.69, 9.17) is 5.73 Å². The average molecular weight is 384 g/mol. The van der Waals surface area contributed by atoms with Gasteiger partial charge in [0.15, 0.2) is 5.13 Å². The highest BCUT2D eigenvalue weighted by atomic mass is 32.2. The predicted octanol–water partition coefficient (Wildman–Crippen LogP) is 3.66. The molecular formula is C18H16N4O2S2. The first-order chi connectivity index (χ1) is 12.4. The maximum atomic E-state index is 12.6. The summed E-state index contributed by atoms with van der Waals surface area (Å²) in [6.45, 7) is 4.06. The number of primary amides is 1. The van der Waals surface area contributed by atoms with Gasteiger partial charge in [-0.25, -0.2) is 9.97 Å². The number of carbonyl (C=O) groups is 2. The topological polar surface area (TPSA) is 98.0 Å². The molecule has 0 aliphatic rings. The number of aryl methyl sites for hydroxylation is 2. The third kappa shape index (κ3) is 4.09. The molecule has 0 bridgehead atoms. The first-order valence-corrected chi connectivity index (χ1v) is 9.34. The van der Waals surface area contributed by atoms with Gasteiger partial charge in [-0.05, 0) is 37.6 Å². The normalized spacial score (nSPS) is 10.5. The van der Waals surface area contributed by atoms with Crippen molar-refractivity contribution in [2.45, 2.75) is 23.8 Å². The first kappa shape index (κ1) is 18.1. The lowest BCUT2D eigenvalue weighted by Gasteiger charge is -2.09. The van der Waals surface area contributed by atoms with Crippen molar-refractivity contribution in [3.63, 3.8) is 0 Å². The Bertz CT molecular complexity index is 985. The summed E-state index contributed by atoms with van der Waals surface area (Å²) in [5.74, 6) is -0.911. The molecule has 26 heavy (non-hydrogen) atoms. The Hall–Kier alpha value is -2.71. The SMILES string of the molecule is Cc1ccc(Sc2ncccc2C(=O)Nc2ncc(C(N)=O)s2)c(C)c1. The van der Waals surface area contributed by atoms with E-state index in [0.29, 0.717) is 15.7 Å². The van der Waals surface area contributed by atoms with Crippen LogP contribution in [0.1, 0.15) is 31.2 Å². The molecule has 0 atom stereocenters. The summed E-state index contributed by atoms with van der Waals surface area (Å²) in [5.41, 5.74) is 7.95. The highest BCUT2D eigenvalue weighted by Gasteiger charge is 2.16. The molecule has 0 aliphatic heterocycles. The fourth-order valence-electron chi connectivity index (χ4n) is 2.27. The quantitative estimate of drug-likeness (QED) is 0.699. The van der Waals surface area contributed by atoms with Crippen molar-refractivity contribution in [3.05, 3.63) is 64.3 Å². The van der Waals surface area contributed by atoms with Crippen molar-refractivity contribution >= 4 is 40.0 Å². The van der Waals surface area contributed by atoms with Crippen molar-refractivity contribution in [3.8, 4) is 0 Å². The summed E-state index contributed by atoms with van der Waals surface area (Å²) in [6.07, 6.45) is 2.99. The van der Waals surface area contributed by atoms with Crippen LogP contribution in [0.5, 0.6) is 0 Å². The molecule has 1 aromatic carbocycles. The molecule has 3 N–H and O–H groups in total. The monoisotopic (exact) mass is 384 g/mol. The van der Waals surface area contributed by atoms with Crippen molar-refractivity contribution in [1.29, 1.82) is 0 Å². The largest absolute Gasteiger partial charge is 0.365 e. The lowest BCUT2D eigenvalue weighted by atomic mass is 10.2. The molecule has 0 unspecified atom stereocenters. The molecule has 3 rings (SSSR count). The summed E-state index contributed by atoms with van der Waals surface area (Å²) >= 11 is 2.47. The smallest absolute Gasteiger partial charge is 0.260 e. The van der Waals surface area contributed by atoms with E-state index < -0.39 is 5.91 Å². The fraction of sp³-hybridized carbons (Fsp3) is 0.111. The van der Waals surface area contributed by atoms with E-state index in [2.05, 4.69) is 21.4 Å².